The van der Waals surface area contributed by atoms with Crippen LogP contribution >= 0.6 is 0 Å². The van der Waals surface area contributed by atoms with Crippen molar-refractivity contribution >= 4 is 11.6 Å². The summed E-state index contributed by atoms with van der Waals surface area (Å²) in [5.74, 6) is -0.280. The number of aryl methyl sites for hydroxylation is 2. The van der Waals surface area contributed by atoms with Crippen molar-refractivity contribution in [1.82, 2.24) is 14.7 Å². The predicted octanol–water partition coefficient (Wildman–Crippen LogP) is 2.10. The van der Waals surface area contributed by atoms with E-state index in [0.717, 1.165) is 11.4 Å². The highest BCUT2D eigenvalue weighted by atomic mass is 16.6. The third-order valence-electron chi connectivity index (χ3n) is 3.06. The van der Waals surface area contributed by atoms with Gasteiger partial charge in [0, 0.05) is 31.4 Å². The SMILES string of the molecule is Cc1cc(C)n(-c2ccc(C(=O)N(C)C)cc2[N+](=O)[O-])n1. The standard InChI is InChI=1S/C14H16N4O3/c1-9-7-10(2)17(15-9)12-6-5-11(14(19)16(3)4)8-13(12)18(20)21/h5-8H,1-4H3. The summed E-state index contributed by atoms with van der Waals surface area (Å²) in [6.07, 6.45) is 0. The molecule has 0 atom stereocenters. The van der Waals surface area contributed by atoms with Crippen molar-refractivity contribution in [2.24, 2.45) is 0 Å². The van der Waals surface area contributed by atoms with Crippen LogP contribution in [0.1, 0.15) is 21.7 Å². The van der Waals surface area contributed by atoms with Gasteiger partial charge in [-0.15, -0.1) is 0 Å². The van der Waals surface area contributed by atoms with Gasteiger partial charge in [0.1, 0.15) is 5.69 Å². The highest BCUT2D eigenvalue weighted by molar-refractivity contribution is 5.95. The summed E-state index contributed by atoms with van der Waals surface area (Å²) in [7, 11) is 3.20. The molecular formula is C14H16N4O3. The Balaban J connectivity index is 2.60. The molecule has 0 bridgehead atoms. The van der Waals surface area contributed by atoms with E-state index in [-0.39, 0.29) is 17.2 Å². The first-order valence-electron chi connectivity index (χ1n) is 6.35. The highest BCUT2D eigenvalue weighted by Crippen LogP contribution is 2.25. The van der Waals surface area contributed by atoms with Crippen molar-refractivity contribution in [3.63, 3.8) is 0 Å². The van der Waals surface area contributed by atoms with Gasteiger partial charge in [0.15, 0.2) is 0 Å². The van der Waals surface area contributed by atoms with Crippen LogP contribution in [0.15, 0.2) is 24.3 Å². The fourth-order valence-corrected chi connectivity index (χ4v) is 2.11. The molecule has 0 saturated heterocycles. The zero-order valence-corrected chi connectivity index (χ0v) is 12.3. The number of benzene rings is 1. The summed E-state index contributed by atoms with van der Waals surface area (Å²) in [6, 6.07) is 6.24. The first-order chi connectivity index (χ1) is 9.81. The Morgan fingerprint density at radius 3 is 2.43 bits per heavy atom. The number of rotatable bonds is 3. The Labute approximate surface area is 121 Å². The lowest BCUT2D eigenvalue weighted by Gasteiger charge is -2.11. The molecule has 110 valence electrons. The molecule has 0 N–H and O–H groups in total. The first-order valence-corrected chi connectivity index (χ1v) is 6.35. The van der Waals surface area contributed by atoms with Gasteiger partial charge in [-0.1, -0.05) is 0 Å². The van der Waals surface area contributed by atoms with E-state index in [1.54, 1.807) is 26.2 Å². The van der Waals surface area contributed by atoms with E-state index < -0.39 is 4.92 Å². The second-order valence-electron chi connectivity index (χ2n) is 5.00. The molecule has 1 aromatic carbocycles. The third-order valence-corrected chi connectivity index (χ3v) is 3.06. The summed E-state index contributed by atoms with van der Waals surface area (Å²) in [5.41, 5.74) is 2.05. The van der Waals surface area contributed by atoms with Gasteiger partial charge in [0.05, 0.1) is 10.6 Å². The van der Waals surface area contributed by atoms with E-state index in [2.05, 4.69) is 5.10 Å². The maximum atomic E-state index is 11.9. The molecule has 0 fully saturated rings. The average Bonchev–Trinajstić information content (AvgIpc) is 2.75. The smallest absolute Gasteiger partial charge is 0.295 e. The molecule has 0 aliphatic rings. The molecule has 0 radical (unpaired) electrons. The largest absolute Gasteiger partial charge is 0.345 e. The minimum Gasteiger partial charge on any atom is -0.345 e. The Kier molecular flexibility index (Phi) is 3.75. The van der Waals surface area contributed by atoms with Crippen LogP contribution in [-0.2, 0) is 0 Å². The maximum absolute atomic E-state index is 11.9. The highest BCUT2D eigenvalue weighted by Gasteiger charge is 2.21. The molecule has 1 heterocycles. The number of nitro benzene ring substituents is 1. The summed E-state index contributed by atoms with van der Waals surface area (Å²) >= 11 is 0. The van der Waals surface area contributed by atoms with Crippen molar-refractivity contribution in [2.45, 2.75) is 13.8 Å². The lowest BCUT2D eigenvalue weighted by molar-refractivity contribution is -0.384. The maximum Gasteiger partial charge on any atom is 0.295 e. The fourth-order valence-electron chi connectivity index (χ4n) is 2.11. The normalized spacial score (nSPS) is 10.5. The Morgan fingerprint density at radius 1 is 1.29 bits per heavy atom. The van der Waals surface area contributed by atoms with E-state index >= 15 is 0 Å². The number of carbonyl (C=O) groups is 1. The quantitative estimate of drug-likeness (QED) is 0.639. The molecule has 7 heteroatoms. The molecule has 0 unspecified atom stereocenters. The van der Waals surface area contributed by atoms with Crippen molar-refractivity contribution in [2.75, 3.05) is 14.1 Å². The van der Waals surface area contributed by atoms with Crippen LogP contribution in [0.4, 0.5) is 5.69 Å². The van der Waals surface area contributed by atoms with Gasteiger partial charge in [-0.2, -0.15) is 5.10 Å². The Morgan fingerprint density at radius 2 is 1.95 bits per heavy atom. The van der Waals surface area contributed by atoms with Crippen molar-refractivity contribution < 1.29 is 9.72 Å². The minimum atomic E-state index is -0.502. The second kappa shape index (κ2) is 5.35. The molecule has 21 heavy (non-hydrogen) atoms. The number of aromatic nitrogens is 2. The molecule has 0 aliphatic heterocycles. The van der Waals surface area contributed by atoms with E-state index in [1.165, 1.54) is 15.6 Å². The minimum absolute atomic E-state index is 0.145. The van der Waals surface area contributed by atoms with Gasteiger partial charge in [0.2, 0.25) is 0 Å². The molecule has 1 aromatic heterocycles. The molecule has 0 aliphatic carbocycles. The van der Waals surface area contributed by atoms with E-state index in [0.29, 0.717) is 5.69 Å². The van der Waals surface area contributed by atoms with Crippen LogP contribution in [-0.4, -0.2) is 39.6 Å². The third kappa shape index (κ3) is 2.76. The number of nitrogens with zero attached hydrogens (tertiary/aromatic N) is 4. The number of carbonyl (C=O) groups excluding carboxylic acids is 1. The molecule has 0 saturated carbocycles. The van der Waals surface area contributed by atoms with E-state index in [9.17, 15) is 14.9 Å². The van der Waals surface area contributed by atoms with Gasteiger partial charge in [-0.3, -0.25) is 14.9 Å². The summed E-state index contributed by atoms with van der Waals surface area (Å²) in [5, 5.41) is 15.5. The average molecular weight is 288 g/mol. The van der Waals surface area contributed by atoms with Crippen molar-refractivity contribution in [3.8, 4) is 5.69 Å². The lowest BCUT2D eigenvalue weighted by atomic mass is 10.1. The van der Waals surface area contributed by atoms with Crippen LogP contribution < -0.4 is 0 Å². The fraction of sp³-hybridized carbons (Fsp3) is 0.286. The molecule has 0 spiro atoms. The first kappa shape index (κ1) is 14.7. The monoisotopic (exact) mass is 288 g/mol. The summed E-state index contributed by atoms with van der Waals surface area (Å²) < 4.78 is 1.51. The van der Waals surface area contributed by atoms with Gasteiger partial charge >= 0.3 is 0 Å². The van der Waals surface area contributed by atoms with Gasteiger partial charge in [-0.25, -0.2) is 4.68 Å². The van der Waals surface area contributed by atoms with Crippen LogP contribution in [0.25, 0.3) is 5.69 Å². The topological polar surface area (TPSA) is 81.3 Å². The molecule has 1 amide bonds. The molecule has 2 rings (SSSR count). The van der Waals surface area contributed by atoms with E-state index in [4.69, 9.17) is 0 Å². The lowest BCUT2D eigenvalue weighted by Crippen LogP contribution is -2.21. The van der Waals surface area contributed by atoms with Crippen LogP contribution in [0.5, 0.6) is 0 Å². The van der Waals surface area contributed by atoms with Crippen LogP contribution in [0, 0.1) is 24.0 Å². The predicted molar refractivity (Wildman–Crippen MR) is 77.7 cm³/mol. The van der Waals surface area contributed by atoms with Crippen LogP contribution in [0.2, 0.25) is 0 Å². The molecule has 2 aromatic rings. The zero-order chi connectivity index (χ0) is 15.7. The number of hydrogen-bond donors (Lipinski definition) is 0. The summed E-state index contributed by atoms with van der Waals surface area (Å²) in [6.45, 7) is 3.64. The Hall–Kier alpha value is -2.70. The molecule has 7 nitrogen and oxygen atoms in total. The van der Waals surface area contributed by atoms with Gasteiger partial charge in [0.25, 0.3) is 11.6 Å². The van der Waals surface area contributed by atoms with Crippen molar-refractivity contribution in [1.29, 1.82) is 0 Å². The van der Waals surface area contributed by atoms with E-state index in [1.807, 2.05) is 19.9 Å². The number of nitro groups is 1. The number of amides is 1. The Bertz CT molecular complexity index is 719. The molecular weight excluding hydrogens is 272 g/mol. The zero-order valence-electron chi connectivity index (χ0n) is 12.3. The second-order valence-corrected chi connectivity index (χ2v) is 5.00. The van der Waals surface area contributed by atoms with Gasteiger partial charge < -0.3 is 4.90 Å². The van der Waals surface area contributed by atoms with Crippen molar-refractivity contribution in [3.05, 3.63) is 51.3 Å². The van der Waals surface area contributed by atoms with Gasteiger partial charge in [-0.05, 0) is 32.0 Å². The number of hydrogen-bond acceptors (Lipinski definition) is 4. The van der Waals surface area contributed by atoms with Crippen LogP contribution in [0.3, 0.4) is 0 Å². The summed E-state index contributed by atoms with van der Waals surface area (Å²) in [4.78, 5) is 24.1.